The number of hydrogen-bond donors (Lipinski definition) is 1. The van der Waals surface area contributed by atoms with Crippen LogP contribution in [0.1, 0.15) is 55.9 Å². The molecule has 1 fully saturated rings. The molecule has 0 unspecified atom stereocenters. The summed E-state index contributed by atoms with van der Waals surface area (Å²) in [5.41, 5.74) is 1.86. The Balaban J connectivity index is 1.62. The van der Waals surface area contributed by atoms with Crippen LogP contribution < -0.4 is 5.32 Å². The van der Waals surface area contributed by atoms with Crippen LogP contribution in [0.5, 0.6) is 0 Å². The van der Waals surface area contributed by atoms with E-state index >= 15 is 0 Å². The molecule has 1 aliphatic carbocycles. The standard InChI is InChI=1S/C17H22F2N4O/c1-11(2)23-10-22-14-7-13(9-20-15(14)23)16(24)21-8-12-3-5-17(18,19)6-4-12/h7,9-12H,3-6,8H2,1-2H3,(H,21,24). The molecule has 7 heteroatoms. The normalized spacial score (nSPS) is 18.2. The van der Waals surface area contributed by atoms with Gasteiger partial charge in [-0.05, 0) is 38.7 Å². The number of pyridine rings is 1. The van der Waals surface area contributed by atoms with E-state index in [1.165, 1.54) is 6.20 Å². The van der Waals surface area contributed by atoms with E-state index in [4.69, 9.17) is 0 Å². The number of amides is 1. The third-order valence-electron chi connectivity index (χ3n) is 4.62. The Labute approximate surface area is 139 Å². The van der Waals surface area contributed by atoms with Crippen LogP contribution in [0, 0.1) is 5.92 Å². The largest absolute Gasteiger partial charge is 0.352 e. The lowest BCUT2D eigenvalue weighted by Crippen LogP contribution is -2.33. The number of halogens is 2. The first-order chi connectivity index (χ1) is 11.4. The lowest BCUT2D eigenvalue weighted by atomic mass is 9.87. The number of carbonyl (C=O) groups excluding carboxylic acids is 1. The maximum absolute atomic E-state index is 13.1. The number of nitrogens with zero attached hydrogens (tertiary/aromatic N) is 3. The molecule has 0 saturated heterocycles. The smallest absolute Gasteiger partial charge is 0.252 e. The van der Waals surface area contributed by atoms with Gasteiger partial charge in [-0.15, -0.1) is 0 Å². The molecule has 1 N–H and O–H groups in total. The van der Waals surface area contributed by atoms with Gasteiger partial charge in [-0.1, -0.05) is 0 Å². The average molecular weight is 336 g/mol. The molecule has 2 aromatic heterocycles. The van der Waals surface area contributed by atoms with Crippen molar-refractivity contribution >= 4 is 17.1 Å². The van der Waals surface area contributed by atoms with Gasteiger partial charge >= 0.3 is 0 Å². The van der Waals surface area contributed by atoms with Gasteiger partial charge in [0.05, 0.1) is 11.9 Å². The number of rotatable bonds is 4. The third kappa shape index (κ3) is 3.55. The lowest BCUT2D eigenvalue weighted by molar-refractivity contribution is -0.0452. The number of fused-ring (bicyclic) bond motifs is 1. The molecule has 1 aliphatic rings. The first kappa shape index (κ1) is 16.8. The Kier molecular flexibility index (Phi) is 4.51. The second-order valence-electron chi connectivity index (χ2n) is 6.82. The van der Waals surface area contributed by atoms with Crippen LogP contribution in [0.4, 0.5) is 8.78 Å². The minimum Gasteiger partial charge on any atom is -0.352 e. The molecule has 1 amide bonds. The molecule has 0 radical (unpaired) electrons. The molecule has 0 spiro atoms. The number of hydrogen-bond acceptors (Lipinski definition) is 3. The molecule has 24 heavy (non-hydrogen) atoms. The highest BCUT2D eigenvalue weighted by molar-refractivity contribution is 5.96. The summed E-state index contributed by atoms with van der Waals surface area (Å²) < 4.78 is 28.2. The Hall–Kier alpha value is -2.05. The highest BCUT2D eigenvalue weighted by Crippen LogP contribution is 2.35. The molecular formula is C17H22F2N4O. The monoisotopic (exact) mass is 336 g/mol. The molecule has 0 bridgehead atoms. The first-order valence-electron chi connectivity index (χ1n) is 8.34. The molecule has 2 aromatic rings. The van der Waals surface area contributed by atoms with Gasteiger partial charge in [-0.25, -0.2) is 18.7 Å². The van der Waals surface area contributed by atoms with Crippen molar-refractivity contribution in [2.75, 3.05) is 6.54 Å². The van der Waals surface area contributed by atoms with E-state index in [0.29, 0.717) is 30.5 Å². The van der Waals surface area contributed by atoms with Gasteiger partial charge in [-0.3, -0.25) is 4.79 Å². The molecule has 5 nitrogen and oxygen atoms in total. The summed E-state index contributed by atoms with van der Waals surface area (Å²) in [5, 5.41) is 2.83. The SMILES string of the molecule is CC(C)n1cnc2cc(C(=O)NCC3CCC(F)(F)CC3)cnc21. The van der Waals surface area contributed by atoms with Crippen molar-refractivity contribution in [2.24, 2.45) is 5.92 Å². The van der Waals surface area contributed by atoms with E-state index in [1.54, 1.807) is 12.4 Å². The maximum atomic E-state index is 13.1. The van der Waals surface area contributed by atoms with E-state index in [0.717, 1.165) is 5.65 Å². The summed E-state index contributed by atoms with van der Waals surface area (Å²) in [7, 11) is 0. The fraction of sp³-hybridized carbons (Fsp3) is 0.588. The molecule has 0 aliphatic heterocycles. The number of nitrogens with one attached hydrogen (secondary N) is 1. The molecule has 0 aromatic carbocycles. The van der Waals surface area contributed by atoms with Crippen LogP contribution in [0.15, 0.2) is 18.6 Å². The van der Waals surface area contributed by atoms with Crippen LogP contribution in [-0.4, -0.2) is 32.9 Å². The first-order valence-corrected chi connectivity index (χ1v) is 8.34. The summed E-state index contributed by atoms with van der Waals surface area (Å²) in [6.07, 6.45) is 3.97. The fourth-order valence-corrected chi connectivity index (χ4v) is 3.06. The van der Waals surface area contributed by atoms with E-state index in [2.05, 4.69) is 15.3 Å². The van der Waals surface area contributed by atoms with Crippen LogP contribution in [0.2, 0.25) is 0 Å². The molecule has 2 heterocycles. The lowest BCUT2D eigenvalue weighted by Gasteiger charge is -2.28. The quantitative estimate of drug-likeness (QED) is 0.928. The zero-order valence-corrected chi connectivity index (χ0v) is 13.9. The Morgan fingerprint density at radius 3 is 2.75 bits per heavy atom. The van der Waals surface area contributed by atoms with Gasteiger partial charge in [0.1, 0.15) is 5.52 Å². The Morgan fingerprint density at radius 1 is 1.38 bits per heavy atom. The zero-order valence-electron chi connectivity index (χ0n) is 13.9. The van der Waals surface area contributed by atoms with E-state index in [1.807, 2.05) is 18.4 Å². The highest BCUT2D eigenvalue weighted by Gasteiger charge is 2.34. The van der Waals surface area contributed by atoms with Crippen LogP contribution in [0.25, 0.3) is 11.2 Å². The van der Waals surface area contributed by atoms with Gasteiger partial charge in [0.2, 0.25) is 5.92 Å². The zero-order chi connectivity index (χ0) is 17.3. The topological polar surface area (TPSA) is 59.8 Å². The summed E-state index contributed by atoms with van der Waals surface area (Å²) in [6, 6.07) is 1.96. The van der Waals surface area contributed by atoms with Gasteiger partial charge in [0, 0.05) is 31.6 Å². The van der Waals surface area contributed by atoms with Crippen molar-refractivity contribution in [1.82, 2.24) is 19.9 Å². The van der Waals surface area contributed by atoms with Crippen LogP contribution in [0.3, 0.4) is 0 Å². The predicted molar refractivity (Wildman–Crippen MR) is 87.2 cm³/mol. The summed E-state index contributed by atoms with van der Waals surface area (Å²) in [5.74, 6) is -2.66. The molecule has 3 rings (SSSR count). The van der Waals surface area contributed by atoms with Gasteiger partial charge < -0.3 is 9.88 Å². The second-order valence-corrected chi connectivity index (χ2v) is 6.82. The number of carbonyl (C=O) groups is 1. The van der Waals surface area contributed by atoms with E-state index in [-0.39, 0.29) is 30.7 Å². The number of aromatic nitrogens is 3. The van der Waals surface area contributed by atoms with Crippen molar-refractivity contribution in [1.29, 1.82) is 0 Å². The minimum absolute atomic E-state index is 0.0896. The van der Waals surface area contributed by atoms with Crippen molar-refractivity contribution in [3.05, 3.63) is 24.2 Å². The van der Waals surface area contributed by atoms with E-state index in [9.17, 15) is 13.6 Å². The van der Waals surface area contributed by atoms with Gasteiger partial charge in [0.25, 0.3) is 5.91 Å². The van der Waals surface area contributed by atoms with Crippen LogP contribution in [-0.2, 0) is 0 Å². The Morgan fingerprint density at radius 2 is 2.08 bits per heavy atom. The van der Waals surface area contributed by atoms with Gasteiger partial charge in [0.15, 0.2) is 5.65 Å². The second kappa shape index (κ2) is 6.45. The molecule has 130 valence electrons. The average Bonchev–Trinajstić information content (AvgIpc) is 2.96. The number of alkyl halides is 2. The highest BCUT2D eigenvalue weighted by atomic mass is 19.3. The molecule has 1 saturated carbocycles. The predicted octanol–water partition coefficient (Wildman–Crippen LogP) is 3.57. The fourth-order valence-electron chi connectivity index (χ4n) is 3.06. The van der Waals surface area contributed by atoms with Crippen molar-refractivity contribution in [3.8, 4) is 0 Å². The van der Waals surface area contributed by atoms with Crippen molar-refractivity contribution < 1.29 is 13.6 Å². The third-order valence-corrected chi connectivity index (χ3v) is 4.62. The summed E-state index contributed by atoms with van der Waals surface area (Å²) in [6.45, 7) is 4.50. The van der Waals surface area contributed by atoms with Gasteiger partial charge in [-0.2, -0.15) is 0 Å². The molecule has 0 atom stereocenters. The molecular weight excluding hydrogens is 314 g/mol. The summed E-state index contributed by atoms with van der Waals surface area (Å²) >= 11 is 0. The summed E-state index contributed by atoms with van der Waals surface area (Å²) in [4.78, 5) is 20.9. The van der Waals surface area contributed by atoms with E-state index < -0.39 is 5.92 Å². The number of imidazole rings is 1. The van der Waals surface area contributed by atoms with Crippen molar-refractivity contribution in [3.63, 3.8) is 0 Å². The minimum atomic E-state index is -2.54. The van der Waals surface area contributed by atoms with Crippen LogP contribution >= 0.6 is 0 Å². The Bertz CT molecular complexity index is 731. The maximum Gasteiger partial charge on any atom is 0.252 e. The van der Waals surface area contributed by atoms with Crippen molar-refractivity contribution in [2.45, 2.75) is 51.5 Å².